The molecule has 0 fully saturated rings. The van der Waals surface area contributed by atoms with E-state index in [9.17, 15) is 4.79 Å². The van der Waals surface area contributed by atoms with Gasteiger partial charge < -0.3 is 4.74 Å². The van der Waals surface area contributed by atoms with Crippen LogP contribution in [0.15, 0.2) is 18.5 Å². The van der Waals surface area contributed by atoms with E-state index in [0.717, 1.165) is 11.4 Å². The van der Waals surface area contributed by atoms with Gasteiger partial charge in [0.2, 0.25) is 0 Å². The molecule has 2 rings (SSSR count). The number of esters is 1. The van der Waals surface area contributed by atoms with Gasteiger partial charge in [-0.25, -0.2) is 14.5 Å². The van der Waals surface area contributed by atoms with Gasteiger partial charge in [0.05, 0.1) is 25.2 Å². The van der Waals surface area contributed by atoms with Crippen molar-refractivity contribution in [3.05, 3.63) is 35.5 Å². The quantitative estimate of drug-likeness (QED) is 0.724. The highest BCUT2D eigenvalue weighted by Crippen LogP contribution is 2.09. The topological polar surface area (TPSA) is 69.9 Å². The van der Waals surface area contributed by atoms with E-state index in [-0.39, 0.29) is 5.69 Å². The number of ether oxygens (including phenoxy) is 1. The summed E-state index contributed by atoms with van der Waals surface area (Å²) in [6.07, 6.45) is 2.91. The van der Waals surface area contributed by atoms with E-state index in [1.54, 1.807) is 10.9 Å². The summed E-state index contributed by atoms with van der Waals surface area (Å²) in [5.74, 6) is -0.0145. The fourth-order valence-corrected chi connectivity index (χ4v) is 1.52. The Morgan fingerprint density at radius 1 is 1.35 bits per heavy atom. The van der Waals surface area contributed by atoms with Crippen molar-refractivity contribution >= 4 is 5.97 Å². The summed E-state index contributed by atoms with van der Waals surface area (Å²) >= 11 is 0. The van der Waals surface area contributed by atoms with Crippen molar-refractivity contribution in [2.24, 2.45) is 0 Å². The molecule has 0 aliphatic rings. The normalized spacial score (nSPS) is 10.3. The molecule has 2 heterocycles. The van der Waals surface area contributed by atoms with E-state index in [4.69, 9.17) is 0 Å². The van der Waals surface area contributed by atoms with E-state index in [0.29, 0.717) is 5.82 Å². The number of nitrogens with zero attached hydrogens (tertiary/aromatic N) is 4. The lowest BCUT2D eigenvalue weighted by atomic mass is 10.4. The third-order valence-corrected chi connectivity index (χ3v) is 2.24. The Labute approximate surface area is 98.3 Å². The summed E-state index contributed by atoms with van der Waals surface area (Å²) in [7, 11) is 1.31. The van der Waals surface area contributed by atoms with Crippen LogP contribution in [-0.2, 0) is 4.74 Å². The van der Waals surface area contributed by atoms with E-state index in [1.165, 1.54) is 13.3 Å². The molecule has 2 aromatic heterocycles. The monoisotopic (exact) mass is 232 g/mol. The van der Waals surface area contributed by atoms with Crippen molar-refractivity contribution in [1.82, 2.24) is 19.7 Å². The minimum atomic E-state index is -0.513. The smallest absolute Gasteiger partial charge is 0.358 e. The van der Waals surface area contributed by atoms with Gasteiger partial charge in [0, 0.05) is 5.69 Å². The van der Waals surface area contributed by atoms with Crippen LogP contribution in [0.3, 0.4) is 0 Å². The predicted octanol–water partition coefficient (Wildman–Crippen LogP) is 1.07. The molecule has 0 aromatic carbocycles. The Bertz CT molecular complexity index is 562. The fourth-order valence-electron chi connectivity index (χ4n) is 1.52. The molecule has 6 heteroatoms. The van der Waals surface area contributed by atoms with Crippen LogP contribution in [0.2, 0.25) is 0 Å². The van der Waals surface area contributed by atoms with Gasteiger partial charge >= 0.3 is 5.97 Å². The number of methoxy groups -OCH3 is 1. The highest BCUT2D eigenvalue weighted by molar-refractivity contribution is 5.86. The van der Waals surface area contributed by atoms with Crippen LogP contribution in [0.1, 0.15) is 21.9 Å². The zero-order valence-corrected chi connectivity index (χ0v) is 9.84. The van der Waals surface area contributed by atoms with Crippen molar-refractivity contribution in [3.63, 3.8) is 0 Å². The SMILES string of the molecule is COC(=O)c1cncc(-n2nc(C)cc2C)n1. The van der Waals surface area contributed by atoms with Crippen molar-refractivity contribution < 1.29 is 9.53 Å². The first-order chi connectivity index (χ1) is 8.11. The number of aryl methyl sites for hydroxylation is 2. The molecule has 0 saturated heterocycles. The number of carbonyl (C=O) groups excluding carboxylic acids is 1. The van der Waals surface area contributed by atoms with E-state index < -0.39 is 5.97 Å². The maximum Gasteiger partial charge on any atom is 0.358 e. The minimum Gasteiger partial charge on any atom is -0.464 e. The predicted molar refractivity (Wildman–Crippen MR) is 60.0 cm³/mol. The lowest BCUT2D eigenvalue weighted by Gasteiger charge is -2.04. The van der Waals surface area contributed by atoms with Crippen molar-refractivity contribution in [3.8, 4) is 5.82 Å². The van der Waals surface area contributed by atoms with E-state index >= 15 is 0 Å². The molecule has 0 spiro atoms. The molecule has 0 radical (unpaired) electrons. The van der Waals surface area contributed by atoms with Crippen LogP contribution in [0, 0.1) is 13.8 Å². The molecule has 2 aromatic rings. The maximum absolute atomic E-state index is 11.3. The lowest BCUT2D eigenvalue weighted by Crippen LogP contribution is -2.09. The fraction of sp³-hybridized carbons (Fsp3) is 0.273. The maximum atomic E-state index is 11.3. The first-order valence-electron chi connectivity index (χ1n) is 5.06. The van der Waals surface area contributed by atoms with Gasteiger partial charge in [-0.2, -0.15) is 5.10 Å². The lowest BCUT2D eigenvalue weighted by molar-refractivity contribution is 0.0593. The van der Waals surface area contributed by atoms with Gasteiger partial charge in [-0.3, -0.25) is 4.98 Å². The number of hydrogen-bond acceptors (Lipinski definition) is 5. The summed E-state index contributed by atoms with van der Waals surface area (Å²) in [5, 5.41) is 4.27. The molecule has 0 amide bonds. The second-order valence-electron chi connectivity index (χ2n) is 3.59. The van der Waals surface area contributed by atoms with Gasteiger partial charge in [-0.15, -0.1) is 0 Å². The van der Waals surface area contributed by atoms with Crippen LogP contribution in [-0.4, -0.2) is 32.8 Å². The second kappa shape index (κ2) is 4.32. The Morgan fingerprint density at radius 2 is 2.12 bits per heavy atom. The molecule has 0 aliphatic carbocycles. The Hall–Kier alpha value is -2.24. The third kappa shape index (κ3) is 2.15. The molecule has 88 valence electrons. The van der Waals surface area contributed by atoms with Gasteiger partial charge in [0.25, 0.3) is 0 Å². The average molecular weight is 232 g/mol. The number of rotatable bonds is 2. The van der Waals surface area contributed by atoms with Crippen molar-refractivity contribution in [2.45, 2.75) is 13.8 Å². The van der Waals surface area contributed by atoms with E-state index in [2.05, 4.69) is 19.8 Å². The molecule has 0 bridgehead atoms. The van der Waals surface area contributed by atoms with Crippen molar-refractivity contribution in [2.75, 3.05) is 7.11 Å². The van der Waals surface area contributed by atoms with Gasteiger partial charge in [-0.05, 0) is 19.9 Å². The summed E-state index contributed by atoms with van der Waals surface area (Å²) in [5.41, 5.74) is 1.98. The second-order valence-corrected chi connectivity index (χ2v) is 3.59. The van der Waals surface area contributed by atoms with Crippen LogP contribution in [0.4, 0.5) is 0 Å². The highest BCUT2D eigenvalue weighted by atomic mass is 16.5. The van der Waals surface area contributed by atoms with Crippen molar-refractivity contribution in [1.29, 1.82) is 0 Å². The van der Waals surface area contributed by atoms with Gasteiger partial charge in [0.15, 0.2) is 11.5 Å². The molecule has 6 nitrogen and oxygen atoms in total. The number of carbonyl (C=O) groups is 1. The molecule has 0 saturated carbocycles. The molecule has 0 N–H and O–H groups in total. The Balaban J connectivity index is 2.46. The number of aromatic nitrogens is 4. The summed E-state index contributed by atoms with van der Waals surface area (Å²) in [4.78, 5) is 19.4. The third-order valence-electron chi connectivity index (χ3n) is 2.24. The highest BCUT2D eigenvalue weighted by Gasteiger charge is 2.11. The van der Waals surface area contributed by atoms with Crippen LogP contribution >= 0.6 is 0 Å². The zero-order valence-electron chi connectivity index (χ0n) is 9.84. The van der Waals surface area contributed by atoms with Gasteiger partial charge in [-0.1, -0.05) is 0 Å². The summed E-state index contributed by atoms with van der Waals surface area (Å²) in [6, 6.07) is 1.92. The van der Waals surface area contributed by atoms with Crippen LogP contribution < -0.4 is 0 Å². The molecule has 17 heavy (non-hydrogen) atoms. The molecule has 0 aliphatic heterocycles. The molecular formula is C11H12N4O2. The molecular weight excluding hydrogens is 220 g/mol. The largest absolute Gasteiger partial charge is 0.464 e. The van der Waals surface area contributed by atoms with E-state index in [1.807, 2.05) is 19.9 Å². The summed E-state index contributed by atoms with van der Waals surface area (Å²) in [6.45, 7) is 3.80. The zero-order chi connectivity index (χ0) is 12.4. The first kappa shape index (κ1) is 11.3. The molecule has 0 unspecified atom stereocenters. The average Bonchev–Trinajstić information content (AvgIpc) is 2.67. The minimum absolute atomic E-state index is 0.164. The first-order valence-corrected chi connectivity index (χ1v) is 5.06. The number of hydrogen-bond donors (Lipinski definition) is 0. The Kier molecular flexibility index (Phi) is 2.86. The Morgan fingerprint density at radius 3 is 2.71 bits per heavy atom. The van der Waals surface area contributed by atoms with Crippen LogP contribution in [0.5, 0.6) is 0 Å². The van der Waals surface area contributed by atoms with Crippen LogP contribution in [0.25, 0.3) is 5.82 Å². The molecule has 0 atom stereocenters. The van der Waals surface area contributed by atoms with Gasteiger partial charge in [0.1, 0.15) is 0 Å². The standard InChI is InChI=1S/C11H12N4O2/c1-7-4-8(2)15(14-7)10-6-12-5-9(13-10)11(16)17-3/h4-6H,1-3H3. The summed E-state index contributed by atoms with van der Waals surface area (Å²) < 4.78 is 6.23.